The molecule has 0 unspecified atom stereocenters. The molecule has 1 atom stereocenters. The van der Waals surface area contributed by atoms with Crippen molar-refractivity contribution in [2.24, 2.45) is 16.5 Å². The normalized spacial score (nSPS) is 12.5. The van der Waals surface area contributed by atoms with Crippen LogP contribution in [0.15, 0.2) is 46.3 Å². The lowest BCUT2D eigenvalue weighted by Crippen LogP contribution is -2.40. The van der Waals surface area contributed by atoms with Gasteiger partial charge in [0.1, 0.15) is 11.8 Å². The molecule has 2 aromatic carbocycles. The van der Waals surface area contributed by atoms with E-state index in [-0.39, 0.29) is 23.8 Å². The van der Waals surface area contributed by atoms with Gasteiger partial charge in [0, 0.05) is 6.54 Å². The Labute approximate surface area is 157 Å². The van der Waals surface area contributed by atoms with Crippen LogP contribution in [-0.4, -0.2) is 45.1 Å². The second kappa shape index (κ2) is 8.69. The Bertz CT molecular complexity index is 955. The topological polar surface area (TPSA) is 157 Å². The number of hydrogen-bond donors (Lipinski definition) is 4. The maximum atomic E-state index is 12.6. The molecular formula is C17H22N4O5S. The number of carbonyl (C=O) groups is 1. The predicted octanol–water partition coefficient (Wildman–Crippen LogP) is 0.634. The minimum atomic E-state index is -4.01. The molecule has 0 saturated heterocycles. The van der Waals surface area contributed by atoms with Crippen LogP contribution in [0.1, 0.15) is 12.8 Å². The number of nitrogens with two attached hydrogens (primary N) is 2. The fraction of sp³-hybridized carbons (Fsp3) is 0.294. The standard InChI is InChI=1S/C17H22N4O5S/c1-26-13-6-4-12-10-14(7-5-11(12)9-13)27(24,25)21-15(16(22)23)3-2-8-20-17(18)19/h4-7,9-10,15,21H,2-3,8H2,1H3,(H,22,23)(H4,18,19,20)/t15-/m0/s1. The van der Waals surface area contributed by atoms with Crippen molar-refractivity contribution in [3.8, 4) is 5.75 Å². The summed E-state index contributed by atoms with van der Waals surface area (Å²) in [5.74, 6) is -0.716. The van der Waals surface area contributed by atoms with Crippen LogP contribution in [0.2, 0.25) is 0 Å². The molecule has 0 fully saturated rings. The molecule has 6 N–H and O–H groups in total. The Morgan fingerprint density at radius 2 is 1.89 bits per heavy atom. The van der Waals surface area contributed by atoms with Gasteiger partial charge in [0.2, 0.25) is 10.0 Å². The lowest BCUT2D eigenvalue weighted by Gasteiger charge is -2.15. The van der Waals surface area contributed by atoms with Crippen LogP contribution in [0.3, 0.4) is 0 Å². The van der Waals surface area contributed by atoms with E-state index in [9.17, 15) is 18.3 Å². The van der Waals surface area contributed by atoms with Gasteiger partial charge in [0.25, 0.3) is 0 Å². The van der Waals surface area contributed by atoms with Gasteiger partial charge in [0.05, 0.1) is 12.0 Å². The molecule has 10 heteroatoms. The van der Waals surface area contributed by atoms with Crippen molar-refractivity contribution >= 4 is 32.7 Å². The molecule has 0 aliphatic heterocycles. The Morgan fingerprint density at radius 3 is 2.52 bits per heavy atom. The van der Waals surface area contributed by atoms with Crippen molar-refractivity contribution in [2.45, 2.75) is 23.8 Å². The van der Waals surface area contributed by atoms with Gasteiger partial charge in [-0.25, -0.2) is 8.42 Å². The average Bonchev–Trinajstić information content (AvgIpc) is 2.62. The van der Waals surface area contributed by atoms with Crippen molar-refractivity contribution in [1.82, 2.24) is 4.72 Å². The van der Waals surface area contributed by atoms with Gasteiger partial charge < -0.3 is 21.3 Å². The average molecular weight is 394 g/mol. The summed E-state index contributed by atoms with van der Waals surface area (Å²) in [5, 5.41) is 10.8. The van der Waals surface area contributed by atoms with Gasteiger partial charge in [-0.2, -0.15) is 4.72 Å². The predicted molar refractivity (Wildman–Crippen MR) is 102 cm³/mol. The number of hydrogen-bond acceptors (Lipinski definition) is 5. The van der Waals surface area contributed by atoms with Crippen molar-refractivity contribution in [3.05, 3.63) is 36.4 Å². The lowest BCUT2D eigenvalue weighted by atomic mass is 10.1. The molecule has 0 radical (unpaired) electrons. The van der Waals surface area contributed by atoms with Crippen LogP contribution in [0.4, 0.5) is 0 Å². The molecular weight excluding hydrogens is 372 g/mol. The van der Waals surface area contributed by atoms with Gasteiger partial charge in [-0.15, -0.1) is 0 Å². The number of carboxylic acid groups (broad SMARTS) is 1. The largest absolute Gasteiger partial charge is 0.497 e. The van der Waals surface area contributed by atoms with E-state index < -0.39 is 22.0 Å². The Hall–Kier alpha value is -2.85. The number of carboxylic acids is 1. The summed E-state index contributed by atoms with van der Waals surface area (Å²) in [4.78, 5) is 15.1. The van der Waals surface area contributed by atoms with Crippen molar-refractivity contribution in [2.75, 3.05) is 13.7 Å². The first kappa shape index (κ1) is 20.5. The molecule has 0 saturated carbocycles. The number of aliphatic carboxylic acids is 1. The van der Waals surface area contributed by atoms with Crippen LogP contribution in [-0.2, 0) is 14.8 Å². The summed E-state index contributed by atoms with van der Waals surface area (Å²) >= 11 is 0. The van der Waals surface area contributed by atoms with Gasteiger partial charge in [-0.05, 0) is 47.9 Å². The Balaban J connectivity index is 2.18. The molecule has 0 spiro atoms. The summed E-state index contributed by atoms with van der Waals surface area (Å²) in [6.45, 7) is 0.214. The van der Waals surface area contributed by atoms with Crippen LogP contribution in [0.25, 0.3) is 10.8 Å². The summed E-state index contributed by atoms with van der Waals surface area (Å²) in [6, 6.07) is 8.49. The van der Waals surface area contributed by atoms with Gasteiger partial charge >= 0.3 is 5.97 Å². The highest BCUT2D eigenvalue weighted by Crippen LogP contribution is 2.23. The molecule has 146 valence electrons. The molecule has 0 amide bonds. The molecule has 0 aromatic heterocycles. The second-order valence-electron chi connectivity index (χ2n) is 5.84. The summed E-state index contributed by atoms with van der Waals surface area (Å²) < 4.78 is 32.5. The molecule has 0 aliphatic rings. The van der Waals surface area contributed by atoms with E-state index in [1.807, 2.05) is 0 Å². The summed E-state index contributed by atoms with van der Waals surface area (Å²) in [5.41, 5.74) is 10.4. The van der Waals surface area contributed by atoms with Gasteiger partial charge in [0.15, 0.2) is 5.96 Å². The number of nitrogens with zero attached hydrogens (tertiary/aromatic N) is 1. The van der Waals surface area contributed by atoms with Gasteiger partial charge in [-0.1, -0.05) is 12.1 Å². The first-order valence-corrected chi connectivity index (χ1v) is 9.59. The van der Waals surface area contributed by atoms with E-state index in [4.69, 9.17) is 16.2 Å². The fourth-order valence-electron chi connectivity index (χ4n) is 2.49. The van der Waals surface area contributed by atoms with E-state index in [2.05, 4.69) is 9.71 Å². The quantitative estimate of drug-likeness (QED) is 0.276. The Kier molecular flexibility index (Phi) is 6.59. The van der Waals surface area contributed by atoms with Crippen LogP contribution in [0, 0.1) is 0 Å². The van der Waals surface area contributed by atoms with E-state index >= 15 is 0 Å². The zero-order chi connectivity index (χ0) is 20.0. The van der Waals surface area contributed by atoms with E-state index in [1.54, 1.807) is 31.4 Å². The smallest absolute Gasteiger partial charge is 0.321 e. The van der Waals surface area contributed by atoms with Crippen LogP contribution >= 0.6 is 0 Å². The zero-order valence-corrected chi connectivity index (χ0v) is 15.6. The van der Waals surface area contributed by atoms with Crippen molar-refractivity contribution in [1.29, 1.82) is 0 Å². The van der Waals surface area contributed by atoms with Crippen molar-refractivity contribution < 1.29 is 23.1 Å². The van der Waals surface area contributed by atoms with E-state index in [0.29, 0.717) is 17.6 Å². The number of sulfonamides is 1. The maximum Gasteiger partial charge on any atom is 0.321 e. The third-order valence-corrected chi connectivity index (χ3v) is 5.34. The molecule has 0 aliphatic carbocycles. The minimum absolute atomic E-state index is 0.0179. The SMILES string of the molecule is COc1ccc2cc(S(=O)(=O)N[C@@H](CCCN=C(N)N)C(=O)O)ccc2c1. The molecule has 27 heavy (non-hydrogen) atoms. The number of nitrogens with one attached hydrogen (secondary N) is 1. The molecule has 9 nitrogen and oxygen atoms in total. The lowest BCUT2D eigenvalue weighted by molar-refractivity contribution is -0.139. The highest BCUT2D eigenvalue weighted by atomic mass is 32.2. The second-order valence-corrected chi connectivity index (χ2v) is 7.55. The first-order chi connectivity index (χ1) is 12.7. The highest BCUT2D eigenvalue weighted by Gasteiger charge is 2.25. The molecule has 2 rings (SSSR count). The highest BCUT2D eigenvalue weighted by molar-refractivity contribution is 7.89. The Morgan fingerprint density at radius 1 is 1.22 bits per heavy atom. The third kappa shape index (κ3) is 5.56. The van der Waals surface area contributed by atoms with Crippen LogP contribution in [0.5, 0.6) is 5.75 Å². The number of aliphatic imine (C=N–C) groups is 1. The molecule has 2 aromatic rings. The molecule has 0 bridgehead atoms. The van der Waals surface area contributed by atoms with E-state index in [0.717, 1.165) is 5.39 Å². The summed E-state index contributed by atoms with van der Waals surface area (Å²) in [7, 11) is -2.47. The number of fused-ring (bicyclic) bond motifs is 1. The maximum absolute atomic E-state index is 12.6. The van der Waals surface area contributed by atoms with E-state index in [1.165, 1.54) is 12.1 Å². The number of rotatable bonds is 9. The molecule has 0 heterocycles. The fourth-order valence-corrected chi connectivity index (χ4v) is 3.75. The van der Waals surface area contributed by atoms with Gasteiger partial charge in [-0.3, -0.25) is 9.79 Å². The van der Waals surface area contributed by atoms with Crippen molar-refractivity contribution in [3.63, 3.8) is 0 Å². The summed E-state index contributed by atoms with van der Waals surface area (Å²) in [6.07, 6.45) is 0.366. The number of methoxy groups -OCH3 is 1. The number of ether oxygens (including phenoxy) is 1. The first-order valence-electron chi connectivity index (χ1n) is 8.11. The van der Waals surface area contributed by atoms with Crippen LogP contribution < -0.4 is 20.9 Å². The zero-order valence-electron chi connectivity index (χ0n) is 14.8. The minimum Gasteiger partial charge on any atom is -0.497 e. The third-order valence-electron chi connectivity index (χ3n) is 3.87. The number of benzene rings is 2. The monoisotopic (exact) mass is 394 g/mol. The number of guanidine groups is 1.